The number of carbonyl (C=O) groups excluding carboxylic acids is 1. The number of nitro groups is 1. The highest BCUT2D eigenvalue weighted by molar-refractivity contribution is 6.05. The van der Waals surface area contributed by atoms with Crippen LogP contribution in [0.2, 0.25) is 0 Å². The number of halogens is 3. The predicted octanol–water partition coefficient (Wildman–Crippen LogP) is 3.13. The van der Waals surface area contributed by atoms with Gasteiger partial charge in [-0.2, -0.15) is 18.3 Å². The third-order valence-corrected chi connectivity index (χ3v) is 3.97. The van der Waals surface area contributed by atoms with E-state index < -0.39 is 23.6 Å². The zero-order valence-corrected chi connectivity index (χ0v) is 16.1. The van der Waals surface area contributed by atoms with E-state index in [1.54, 1.807) is 25.2 Å². The van der Waals surface area contributed by atoms with E-state index in [1.807, 2.05) is 5.32 Å². The van der Waals surface area contributed by atoms with Crippen molar-refractivity contribution in [3.63, 3.8) is 0 Å². The van der Waals surface area contributed by atoms with Gasteiger partial charge in [0.1, 0.15) is 18.4 Å². The lowest BCUT2D eigenvalue weighted by Crippen LogP contribution is -2.33. The number of anilines is 1. The van der Waals surface area contributed by atoms with Crippen LogP contribution < -0.4 is 11.1 Å². The Hall–Kier alpha value is -3.70. The third kappa shape index (κ3) is 5.43. The molecule has 0 fully saturated rings. The average Bonchev–Trinajstić information content (AvgIpc) is 3.05. The molecule has 0 aliphatic rings. The van der Waals surface area contributed by atoms with Crippen LogP contribution in [0.25, 0.3) is 11.1 Å². The number of alkyl halides is 3. The predicted molar refractivity (Wildman–Crippen MR) is 104 cm³/mol. The lowest BCUT2D eigenvalue weighted by atomic mass is 10.00. The summed E-state index contributed by atoms with van der Waals surface area (Å²) < 4.78 is 38.9. The van der Waals surface area contributed by atoms with Gasteiger partial charge in [0.05, 0.1) is 10.5 Å². The Morgan fingerprint density at radius 1 is 1.40 bits per heavy atom. The summed E-state index contributed by atoms with van der Waals surface area (Å²) in [7, 11) is 0. The molecule has 12 heteroatoms. The van der Waals surface area contributed by atoms with Crippen molar-refractivity contribution in [1.82, 2.24) is 19.9 Å². The van der Waals surface area contributed by atoms with Crippen LogP contribution >= 0.6 is 0 Å². The summed E-state index contributed by atoms with van der Waals surface area (Å²) in [6.07, 6.45) is 4.17. The largest absolute Gasteiger partial charge is 0.405 e. The van der Waals surface area contributed by atoms with Crippen molar-refractivity contribution in [2.75, 3.05) is 12.3 Å². The van der Waals surface area contributed by atoms with Gasteiger partial charge < -0.3 is 11.1 Å². The number of hydrogen-bond acceptors (Lipinski definition) is 6. The number of fused-ring (bicyclic) bond motifs is 1. The Balaban J connectivity index is 2.61. The molecular weight excluding hydrogens is 405 g/mol. The first-order valence-electron chi connectivity index (χ1n) is 8.66. The highest BCUT2D eigenvalue weighted by atomic mass is 19.4. The zero-order valence-electron chi connectivity index (χ0n) is 16.1. The van der Waals surface area contributed by atoms with Crippen molar-refractivity contribution in [1.29, 1.82) is 0 Å². The lowest BCUT2D eigenvalue weighted by Gasteiger charge is -2.10. The van der Waals surface area contributed by atoms with Crippen LogP contribution in [0.1, 0.15) is 36.2 Å². The molecule has 0 spiro atoms. The molecule has 0 aliphatic heterocycles. The minimum Gasteiger partial charge on any atom is -0.382 e. The SMILES string of the molecule is C/C=C\C(=CC/C=C(\C)[N+](=O)[O-])c1c(C(=O)NCC(F)(F)F)cn2ncnc(N)c12. The smallest absolute Gasteiger partial charge is 0.382 e. The number of allylic oxidation sites excluding steroid dienone is 6. The second kappa shape index (κ2) is 9.20. The number of nitrogens with one attached hydrogen (secondary N) is 1. The second-order valence-electron chi connectivity index (χ2n) is 6.15. The number of nitrogen functional groups attached to an aromatic ring is 1. The monoisotopic (exact) mass is 424 g/mol. The van der Waals surface area contributed by atoms with Gasteiger partial charge in [-0.15, -0.1) is 0 Å². The summed E-state index contributed by atoms with van der Waals surface area (Å²) in [5, 5.41) is 16.6. The first-order valence-corrected chi connectivity index (χ1v) is 8.66. The molecular formula is C18H19F3N6O3. The van der Waals surface area contributed by atoms with E-state index in [0.717, 1.165) is 6.33 Å². The van der Waals surface area contributed by atoms with Crippen LogP contribution in [0.5, 0.6) is 0 Å². The topological polar surface area (TPSA) is 128 Å². The fourth-order valence-electron chi connectivity index (χ4n) is 2.64. The van der Waals surface area contributed by atoms with Crippen molar-refractivity contribution in [3.05, 3.63) is 63.8 Å². The van der Waals surface area contributed by atoms with Gasteiger partial charge in [-0.3, -0.25) is 14.9 Å². The molecule has 0 saturated heterocycles. The van der Waals surface area contributed by atoms with E-state index in [2.05, 4.69) is 10.1 Å². The van der Waals surface area contributed by atoms with E-state index in [1.165, 1.54) is 23.7 Å². The summed E-state index contributed by atoms with van der Waals surface area (Å²) in [6, 6.07) is 0. The molecule has 2 aromatic heterocycles. The molecule has 0 aliphatic carbocycles. The van der Waals surface area contributed by atoms with Gasteiger partial charge in [-0.05, 0) is 25.0 Å². The summed E-state index contributed by atoms with van der Waals surface area (Å²) in [5.41, 5.74) is 6.64. The van der Waals surface area contributed by atoms with E-state index in [9.17, 15) is 28.1 Å². The van der Waals surface area contributed by atoms with E-state index in [0.29, 0.717) is 5.57 Å². The molecule has 30 heavy (non-hydrogen) atoms. The number of rotatable bonds is 7. The highest BCUT2D eigenvalue weighted by Crippen LogP contribution is 2.30. The van der Waals surface area contributed by atoms with Gasteiger partial charge in [-0.25, -0.2) is 9.50 Å². The van der Waals surface area contributed by atoms with Crippen molar-refractivity contribution in [2.45, 2.75) is 26.4 Å². The zero-order chi connectivity index (χ0) is 22.5. The maximum absolute atomic E-state index is 12.5. The Morgan fingerprint density at radius 2 is 2.10 bits per heavy atom. The Labute approximate surface area is 168 Å². The molecule has 0 bridgehead atoms. The molecule has 9 nitrogen and oxygen atoms in total. The van der Waals surface area contributed by atoms with Crippen molar-refractivity contribution >= 4 is 22.8 Å². The number of nitrogens with zero attached hydrogens (tertiary/aromatic N) is 4. The standard InChI is InChI=1S/C18H19F3N6O3/c1-3-5-12(7-4-6-11(2)27(29)30)14-13(17(28)23-9-18(19,20)21)8-26-15(14)16(22)24-10-25-26/h3,5-8,10H,4,9H2,1-2H3,(H,23,28)(H2,22,24,25)/b5-3-,11-6+,12-7?. The van der Waals surface area contributed by atoms with Crippen LogP contribution in [0, 0.1) is 10.1 Å². The number of nitrogens with two attached hydrogens (primary N) is 1. The van der Waals surface area contributed by atoms with E-state index >= 15 is 0 Å². The maximum atomic E-state index is 12.5. The van der Waals surface area contributed by atoms with Crippen molar-refractivity contribution in [3.8, 4) is 0 Å². The van der Waals surface area contributed by atoms with Gasteiger partial charge in [0.15, 0.2) is 5.82 Å². The molecule has 2 aromatic rings. The van der Waals surface area contributed by atoms with Crippen molar-refractivity contribution < 1.29 is 22.9 Å². The van der Waals surface area contributed by atoms with Crippen LogP contribution in [0.15, 0.2) is 42.5 Å². The van der Waals surface area contributed by atoms with Crippen LogP contribution in [-0.4, -0.2) is 38.1 Å². The molecule has 1 amide bonds. The Bertz CT molecular complexity index is 1050. The van der Waals surface area contributed by atoms with Crippen LogP contribution in [0.3, 0.4) is 0 Å². The second-order valence-corrected chi connectivity index (χ2v) is 6.15. The number of aromatic nitrogens is 3. The number of amides is 1. The Morgan fingerprint density at radius 3 is 2.70 bits per heavy atom. The molecule has 3 N–H and O–H groups in total. The summed E-state index contributed by atoms with van der Waals surface area (Å²) >= 11 is 0. The maximum Gasteiger partial charge on any atom is 0.405 e. The first kappa shape index (κ1) is 22.6. The van der Waals surface area contributed by atoms with Gasteiger partial charge in [0, 0.05) is 18.7 Å². The van der Waals surface area contributed by atoms with Crippen LogP contribution in [0.4, 0.5) is 19.0 Å². The number of hydrogen-bond donors (Lipinski definition) is 2. The molecule has 0 aromatic carbocycles. The summed E-state index contributed by atoms with van der Waals surface area (Å²) in [6.45, 7) is 1.53. The summed E-state index contributed by atoms with van der Waals surface area (Å²) in [5.74, 6) is -0.957. The average molecular weight is 424 g/mol. The third-order valence-electron chi connectivity index (χ3n) is 3.97. The fourth-order valence-corrected chi connectivity index (χ4v) is 2.64. The molecule has 0 unspecified atom stereocenters. The lowest BCUT2D eigenvalue weighted by molar-refractivity contribution is -0.424. The van der Waals surface area contributed by atoms with Gasteiger partial charge in [0.2, 0.25) is 5.70 Å². The van der Waals surface area contributed by atoms with E-state index in [4.69, 9.17) is 5.73 Å². The molecule has 0 atom stereocenters. The highest BCUT2D eigenvalue weighted by Gasteiger charge is 2.29. The van der Waals surface area contributed by atoms with E-state index in [-0.39, 0.29) is 34.6 Å². The van der Waals surface area contributed by atoms with Gasteiger partial charge >= 0.3 is 6.18 Å². The Kier molecular flexibility index (Phi) is 6.93. The molecule has 2 rings (SSSR count). The summed E-state index contributed by atoms with van der Waals surface area (Å²) in [4.78, 5) is 26.6. The first-order chi connectivity index (χ1) is 14.0. The minimum absolute atomic E-state index is 0.0160. The molecule has 0 radical (unpaired) electrons. The number of carbonyl (C=O) groups is 1. The molecule has 2 heterocycles. The van der Waals surface area contributed by atoms with Crippen molar-refractivity contribution in [2.24, 2.45) is 0 Å². The molecule has 160 valence electrons. The molecule has 0 saturated carbocycles. The fraction of sp³-hybridized carbons (Fsp3) is 0.278. The minimum atomic E-state index is -4.58. The van der Waals surface area contributed by atoms with Gasteiger partial charge in [-0.1, -0.05) is 18.2 Å². The quantitative estimate of drug-likeness (QED) is 0.399. The normalized spacial score (nSPS) is 13.2. The van der Waals surface area contributed by atoms with Crippen LogP contribution in [-0.2, 0) is 0 Å². The van der Waals surface area contributed by atoms with Gasteiger partial charge in [0.25, 0.3) is 5.91 Å².